The highest BCUT2D eigenvalue weighted by Gasteiger charge is 2.42. The van der Waals surface area contributed by atoms with Gasteiger partial charge in [0.25, 0.3) is 0 Å². The fourth-order valence-corrected chi connectivity index (χ4v) is 3.73. The summed E-state index contributed by atoms with van der Waals surface area (Å²) in [5.74, 6) is -5.79. The molecule has 1 fully saturated rings. The molecule has 0 N–H and O–H groups in total. The molecule has 0 aromatic heterocycles. The highest BCUT2D eigenvalue weighted by Crippen LogP contribution is 2.39. The molecule has 0 amide bonds. The van der Waals surface area contributed by atoms with Gasteiger partial charge in [-0.3, -0.25) is 0 Å². The van der Waals surface area contributed by atoms with Crippen molar-refractivity contribution in [1.82, 2.24) is 0 Å². The quantitative estimate of drug-likeness (QED) is 0.415. The minimum atomic E-state index is -4.49. The van der Waals surface area contributed by atoms with Crippen molar-refractivity contribution in [3.8, 4) is 5.75 Å². The van der Waals surface area contributed by atoms with E-state index in [1.54, 1.807) is 0 Å². The van der Waals surface area contributed by atoms with Gasteiger partial charge in [0.1, 0.15) is 34.6 Å². The van der Waals surface area contributed by atoms with E-state index < -0.39 is 46.8 Å². The maximum atomic E-state index is 14.5. The van der Waals surface area contributed by atoms with Crippen molar-refractivity contribution in [3.05, 3.63) is 64.2 Å². The average Bonchev–Trinajstić information content (AvgIpc) is 2.69. The molecule has 0 saturated carbocycles. The maximum Gasteiger partial charge on any atom is 0.432 e. The van der Waals surface area contributed by atoms with Crippen molar-refractivity contribution >= 4 is 0 Å². The first-order chi connectivity index (χ1) is 14.6. The minimum absolute atomic E-state index is 0.121. The number of alkyl halides is 2. The summed E-state index contributed by atoms with van der Waals surface area (Å²) < 4.78 is 95.2. The van der Waals surface area contributed by atoms with E-state index in [9.17, 15) is 26.3 Å². The summed E-state index contributed by atoms with van der Waals surface area (Å²) in [6.45, 7) is 3.65. The van der Waals surface area contributed by atoms with E-state index in [0.717, 1.165) is 44.7 Å². The van der Waals surface area contributed by atoms with Gasteiger partial charge in [0.05, 0.1) is 12.7 Å². The number of hydrogen-bond acceptors (Lipinski definition) is 2. The van der Waals surface area contributed by atoms with E-state index in [0.29, 0.717) is 31.1 Å². The molecule has 2 nitrogen and oxygen atoms in total. The lowest BCUT2D eigenvalue weighted by Crippen LogP contribution is -2.26. The lowest BCUT2D eigenvalue weighted by molar-refractivity contribution is -0.189. The fourth-order valence-electron chi connectivity index (χ4n) is 3.73. The van der Waals surface area contributed by atoms with Gasteiger partial charge in [0.2, 0.25) is 0 Å². The van der Waals surface area contributed by atoms with Crippen LogP contribution in [0.25, 0.3) is 0 Å². The Labute approximate surface area is 177 Å². The molecular weight excluding hydrogens is 422 g/mol. The van der Waals surface area contributed by atoms with Crippen LogP contribution in [0.4, 0.5) is 26.3 Å². The van der Waals surface area contributed by atoms with Crippen LogP contribution in [0.15, 0.2) is 24.3 Å². The number of rotatable bonds is 7. The third-order valence-electron chi connectivity index (χ3n) is 5.56. The molecule has 8 heteroatoms. The molecule has 2 atom stereocenters. The van der Waals surface area contributed by atoms with Crippen LogP contribution in [0, 0.1) is 36.1 Å². The summed E-state index contributed by atoms with van der Waals surface area (Å²) in [5, 5.41) is 0. The minimum Gasteiger partial charge on any atom is -0.429 e. The zero-order valence-corrected chi connectivity index (χ0v) is 17.3. The first-order valence-electron chi connectivity index (χ1n) is 10.3. The normalized spacial score (nSPS) is 19.5. The Hall–Kier alpha value is -2.22. The SMILES string of the molecule is CCCCC1CCC(c2cc(F)c(C(F)(F)Oc3cc(F)c(C)c(F)c3)c(F)c2)OC1. The summed E-state index contributed by atoms with van der Waals surface area (Å²) in [6.07, 6.45) is -0.586. The standard InChI is InChI=1S/C23H24F6O2/c1-3-4-5-14-6-7-21(30-12-14)15-8-19(26)22(20(27)9-15)23(28,29)31-16-10-17(24)13(2)18(25)11-16/h8-11,14,21H,3-7,12H2,1-2H3. The predicted molar refractivity (Wildman–Crippen MR) is 103 cm³/mol. The third-order valence-corrected chi connectivity index (χ3v) is 5.56. The molecule has 170 valence electrons. The van der Waals surface area contributed by atoms with Crippen LogP contribution in [0.1, 0.15) is 61.8 Å². The molecular formula is C23H24F6O2. The van der Waals surface area contributed by atoms with Crippen LogP contribution in [0.3, 0.4) is 0 Å². The largest absolute Gasteiger partial charge is 0.432 e. The topological polar surface area (TPSA) is 18.5 Å². The summed E-state index contributed by atoms with van der Waals surface area (Å²) >= 11 is 0. The molecule has 1 aliphatic heterocycles. The van der Waals surface area contributed by atoms with Crippen LogP contribution in [-0.4, -0.2) is 6.61 Å². The molecule has 2 unspecified atom stereocenters. The van der Waals surface area contributed by atoms with Crippen molar-refractivity contribution in [2.75, 3.05) is 6.61 Å². The van der Waals surface area contributed by atoms with Crippen LogP contribution in [-0.2, 0) is 10.8 Å². The molecule has 1 aliphatic rings. The highest BCUT2D eigenvalue weighted by molar-refractivity contribution is 5.33. The van der Waals surface area contributed by atoms with Gasteiger partial charge in [-0.2, -0.15) is 8.78 Å². The monoisotopic (exact) mass is 446 g/mol. The summed E-state index contributed by atoms with van der Waals surface area (Å²) in [7, 11) is 0. The zero-order valence-electron chi connectivity index (χ0n) is 17.3. The molecule has 1 saturated heterocycles. The van der Waals surface area contributed by atoms with Crippen molar-refractivity contribution < 1.29 is 35.8 Å². The number of hydrogen-bond donors (Lipinski definition) is 0. The van der Waals surface area contributed by atoms with Gasteiger partial charge in [-0.1, -0.05) is 19.8 Å². The number of unbranched alkanes of at least 4 members (excludes halogenated alkanes) is 1. The van der Waals surface area contributed by atoms with Gasteiger partial charge < -0.3 is 9.47 Å². The zero-order chi connectivity index (χ0) is 22.8. The van der Waals surface area contributed by atoms with E-state index >= 15 is 0 Å². The molecule has 1 heterocycles. The third kappa shape index (κ3) is 5.34. The Morgan fingerprint density at radius 1 is 0.968 bits per heavy atom. The number of ether oxygens (including phenoxy) is 2. The summed E-state index contributed by atoms with van der Waals surface area (Å²) in [6, 6.07) is 2.65. The Balaban J connectivity index is 1.78. The van der Waals surface area contributed by atoms with Gasteiger partial charge >= 0.3 is 6.11 Å². The molecule has 3 rings (SSSR count). The smallest absolute Gasteiger partial charge is 0.429 e. The lowest BCUT2D eigenvalue weighted by atomic mass is 9.91. The van der Waals surface area contributed by atoms with Gasteiger partial charge in [0, 0.05) is 17.7 Å². The van der Waals surface area contributed by atoms with Crippen LogP contribution in [0.5, 0.6) is 5.75 Å². The van der Waals surface area contributed by atoms with Crippen molar-refractivity contribution in [3.63, 3.8) is 0 Å². The Bertz CT molecular complexity index is 876. The van der Waals surface area contributed by atoms with E-state index in [2.05, 4.69) is 11.7 Å². The molecule has 0 radical (unpaired) electrons. The Morgan fingerprint density at radius 2 is 1.58 bits per heavy atom. The van der Waals surface area contributed by atoms with Gasteiger partial charge in [-0.05, 0) is 49.8 Å². The van der Waals surface area contributed by atoms with Crippen LogP contribution in [0.2, 0.25) is 0 Å². The first kappa shape index (κ1) is 23.4. The molecule has 2 aromatic rings. The molecule has 0 aliphatic carbocycles. The molecule has 31 heavy (non-hydrogen) atoms. The van der Waals surface area contributed by atoms with E-state index in [-0.39, 0.29) is 11.1 Å². The second kappa shape index (κ2) is 9.51. The average molecular weight is 446 g/mol. The fraction of sp³-hybridized carbons (Fsp3) is 0.478. The lowest BCUT2D eigenvalue weighted by Gasteiger charge is -2.30. The van der Waals surface area contributed by atoms with Crippen molar-refractivity contribution in [1.29, 1.82) is 0 Å². The first-order valence-corrected chi connectivity index (χ1v) is 10.3. The van der Waals surface area contributed by atoms with E-state index in [4.69, 9.17) is 4.74 Å². The second-order valence-corrected chi connectivity index (χ2v) is 7.90. The summed E-state index contributed by atoms with van der Waals surface area (Å²) in [4.78, 5) is 0. The molecule has 2 aromatic carbocycles. The highest BCUT2D eigenvalue weighted by atomic mass is 19.3. The number of halogens is 6. The van der Waals surface area contributed by atoms with Gasteiger partial charge in [0.15, 0.2) is 0 Å². The molecule has 0 bridgehead atoms. The number of benzene rings is 2. The van der Waals surface area contributed by atoms with Gasteiger partial charge in [-0.15, -0.1) is 0 Å². The van der Waals surface area contributed by atoms with Crippen LogP contribution < -0.4 is 4.74 Å². The maximum absolute atomic E-state index is 14.5. The van der Waals surface area contributed by atoms with E-state index in [1.807, 2.05) is 0 Å². The van der Waals surface area contributed by atoms with Crippen molar-refractivity contribution in [2.45, 2.75) is 58.2 Å². The van der Waals surface area contributed by atoms with Gasteiger partial charge in [-0.25, -0.2) is 17.6 Å². The summed E-state index contributed by atoms with van der Waals surface area (Å²) in [5.41, 5.74) is -1.90. The van der Waals surface area contributed by atoms with Crippen LogP contribution >= 0.6 is 0 Å². The van der Waals surface area contributed by atoms with E-state index in [1.165, 1.54) is 0 Å². The second-order valence-electron chi connectivity index (χ2n) is 7.90. The predicted octanol–water partition coefficient (Wildman–Crippen LogP) is 7.34. The van der Waals surface area contributed by atoms with Crippen molar-refractivity contribution in [2.24, 2.45) is 5.92 Å². The Kier molecular flexibility index (Phi) is 7.19. The Morgan fingerprint density at radius 3 is 2.10 bits per heavy atom. The molecule has 0 spiro atoms.